The number of carbonyl (C=O) groups excluding carboxylic acids is 1. The van der Waals surface area contributed by atoms with Crippen LogP contribution in [0.25, 0.3) is 11.5 Å². The molecule has 3 aromatic rings. The first-order chi connectivity index (χ1) is 18.7. The molecule has 0 bridgehead atoms. The monoisotopic (exact) mass is 536 g/mol. The molecule has 2 atom stereocenters. The van der Waals surface area contributed by atoms with E-state index in [1.54, 1.807) is 7.11 Å². The number of oxazole rings is 1. The molecule has 9 heteroatoms. The number of benzene rings is 2. The SMILES string of the molecule is COc1ccc(-c2nc(CCOc3ccc(C[C@@H]4CN(C(=O)OCC(C)C)C[C@@H]4C(=O)O)cc3)c(C)o2)cc1. The molecule has 0 aliphatic carbocycles. The van der Waals surface area contributed by atoms with Crippen LogP contribution in [0.1, 0.15) is 30.9 Å². The van der Waals surface area contributed by atoms with E-state index in [-0.39, 0.29) is 18.4 Å². The Labute approximate surface area is 228 Å². The standard InChI is InChI=1S/C30H36N2O7/c1-19(2)18-38-30(35)32-16-23(26(17-32)29(33)34)15-21-5-9-25(10-6-21)37-14-13-27-20(3)39-28(31-27)22-7-11-24(36-4)12-8-22/h5-12,19,23,26H,13-18H2,1-4H3,(H,33,34)/t23-,26+/m1/s1. The largest absolute Gasteiger partial charge is 0.497 e. The summed E-state index contributed by atoms with van der Waals surface area (Å²) in [5, 5.41) is 9.71. The fourth-order valence-electron chi connectivity index (χ4n) is 4.64. The number of carboxylic acids is 1. The Morgan fingerprint density at radius 2 is 1.77 bits per heavy atom. The van der Waals surface area contributed by atoms with Crippen molar-refractivity contribution in [2.75, 3.05) is 33.4 Å². The molecular weight excluding hydrogens is 500 g/mol. The lowest BCUT2D eigenvalue weighted by Crippen LogP contribution is -2.31. The molecule has 1 aliphatic rings. The smallest absolute Gasteiger partial charge is 0.409 e. The molecule has 208 valence electrons. The van der Waals surface area contributed by atoms with Gasteiger partial charge in [0, 0.05) is 25.1 Å². The molecule has 2 heterocycles. The van der Waals surface area contributed by atoms with Gasteiger partial charge in [0.15, 0.2) is 0 Å². The second kappa shape index (κ2) is 12.7. The van der Waals surface area contributed by atoms with Crippen molar-refractivity contribution in [1.82, 2.24) is 9.88 Å². The van der Waals surface area contributed by atoms with Crippen molar-refractivity contribution in [2.24, 2.45) is 17.8 Å². The maximum absolute atomic E-state index is 12.4. The summed E-state index contributed by atoms with van der Waals surface area (Å²) in [5.74, 6) is 1.33. The highest BCUT2D eigenvalue weighted by Gasteiger charge is 2.40. The number of methoxy groups -OCH3 is 1. The average molecular weight is 537 g/mol. The Morgan fingerprint density at radius 3 is 2.41 bits per heavy atom. The molecule has 2 aromatic carbocycles. The van der Waals surface area contributed by atoms with Gasteiger partial charge in [0.1, 0.15) is 17.3 Å². The molecule has 1 saturated heterocycles. The van der Waals surface area contributed by atoms with E-state index >= 15 is 0 Å². The maximum Gasteiger partial charge on any atom is 0.409 e. The van der Waals surface area contributed by atoms with Gasteiger partial charge in [-0.1, -0.05) is 26.0 Å². The van der Waals surface area contributed by atoms with E-state index < -0.39 is 18.0 Å². The van der Waals surface area contributed by atoms with E-state index in [0.29, 0.717) is 38.5 Å². The van der Waals surface area contributed by atoms with Gasteiger partial charge in [-0.25, -0.2) is 9.78 Å². The summed E-state index contributed by atoms with van der Waals surface area (Å²) < 4.78 is 22.3. The van der Waals surface area contributed by atoms with Gasteiger partial charge in [-0.05, 0) is 67.1 Å². The van der Waals surface area contributed by atoms with Gasteiger partial charge in [0.2, 0.25) is 5.89 Å². The van der Waals surface area contributed by atoms with Crippen molar-refractivity contribution in [3.8, 4) is 23.0 Å². The number of nitrogens with zero attached hydrogens (tertiary/aromatic N) is 2. The van der Waals surface area contributed by atoms with E-state index in [9.17, 15) is 14.7 Å². The maximum atomic E-state index is 12.4. The number of rotatable bonds is 11. The summed E-state index contributed by atoms with van der Waals surface area (Å²) in [4.78, 5) is 30.3. The van der Waals surface area contributed by atoms with Crippen molar-refractivity contribution in [1.29, 1.82) is 0 Å². The number of likely N-dealkylation sites (tertiary alicyclic amines) is 1. The normalized spacial score (nSPS) is 16.9. The second-order valence-electron chi connectivity index (χ2n) is 10.3. The highest BCUT2D eigenvalue weighted by Crippen LogP contribution is 2.29. The number of carbonyl (C=O) groups is 2. The van der Waals surface area contributed by atoms with Gasteiger partial charge in [-0.3, -0.25) is 4.79 Å². The summed E-state index contributed by atoms with van der Waals surface area (Å²) in [7, 11) is 1.63. The molecule has 1 fully saturated rings. The fourth-order valence-corrected chi connectivity index (χ4v) is 4.64. The lowest BCUT2D eigenvalue weighted by atomic mass is 9.90. The Balaban J connectivity index is 1.29. The Hall–Kier alpha value is -4.01. The van der Waals surface area contributed by atoms with Gasteiger partial charge < -0.3 is 28.6 Å². The third kappa shape index (κ3) is 7.31. The molecule has 0 unspecified atom stereocenters. The summed E-state index contributed by atoms with van der Waals surface area (Å²) in [6.07, 6.45) is 0.704. The molecule has 1 N–H and O–H groups in total. The van der Waals surface area contributed by atoms with E-state index in [1.807, 2.05) is 69.3 Å². The molecule has 1 aliphatic heterocycles. The minimum absolute atomic E-state index is 0.166. The number of hydrogen-bond donors (Lipinski definition) is 1. The zero-order valence-corrected chi connectivity index (χ0v) is 22.9. The third-order valence-electron chi connectivity index (χ3n) is 6.82. The van der Waals surface area contributed by atoms with E-state index in [0.717, 1.165) is 34.1 Å². The third-order valence-corrected chi connectivity index (χ3v) is 6.82. The predicted molar refractivity (Wildman–Crippen MR) is 145 cm³/mol. The second-order valence-corrected chi connectivity index (χ2v) is 10.3. The van der Waals surface area contributed by atoms with Crippen LogP contribution in [0.5, 0.6) is 11.5 Å². The van der Waals surface area contributed by atoms with Crippen LogP contribution in [-0.4, -0.2) is 60.5 Å². The van der Waals surface area contributed by atoms with Gasteiger partial charge in [-0.2, -0.15) is 0 Å². The minimum Gasteiger partial charge on any atom is -0.497 e. The molecule has 1 aromatic heterocycles. The molecule has 39 heavy (non-hydrogen) atoms. The van der Waals surface area contributed by atoms with Crippen LogP contribution in [-0.2, 0) is 22.4 Å². The van der Waals surface area contributed by atoms with E-state index in [2.05, 4.69) is 4.98 Å². The summed E-state index contributed by atoms with van der Waals surface area (Å²) in [6, 6.07) is 15.2. The highest BCUT2D eigenvalue weighted by atomic mass is 16.6. The topological polar surface area (TPSA) is 111 Å². The first-order valence-corrected chi connectivity index (χ1v) is 13.2. The summed E-state index contributed by atoms with van der Waals surface area (Å²) in [5.41, 5.74) is 2.71. The Bertz CT molecular complexity index is 1250. The average Bonchev–Trinajstić information content (AvgIpc) is 3.52. The van der Waals surface area contributed by atoms with Crippen LogP contribution in [0.15, 0.2) is 52.9 Å². The fraction of sp³-hybridized carbons (Fsp3) is 0.433. The van der Waals surface area contributed by atoms with Crippen LogP contribution in [0.3, 0.4) is 0 Å². The minimum atomic E-state index is -0.891. The zero-order valence-electron chi connectivity index (χ0n) is 22.9. The van der Waals surface area contributed by atoms with Crippen molar-refractivity contribution in [3.05, 3.63) is 65.5 Å². The molecule has 9 nitrogen and oxygen atoms in total. The van der Waals surface area contributed by atoms with Gasteiger partial charge >= 0.3 is 12.1 Å². The van der Waals surface area contributed by atoms with Crippen LogP contribution < -0.4 is 9.47 Å². The zero-order chi connectivity index (χ0) is 27.9. The number of aliphatic carboxylic acids is 1. The van der Waals surface area contributed by atoms with Gasteiger partial charge in [0.05, 0.1) is 31.9 Å². The first-order valence-electron chi connectivity index (χ1n) is 13.2. The Morgan fingerprint density at radius 1 is 1.08 bits per heavy atom. The van der Waals surface area contributed by atoms with Crippen LogP contribution in [0.4, 0.5) is 4.79 Å². The van der Waals surface area contributed by atoms with Crippen LogP contribution >= 0.6 is 0 Å². The molecule has 0 saturated carbocycles. The molecule has 0 radical (unpaired) electrons. The lowest BCUT2D eigenvalue weighted by Gasteiger charge is -2.17. The quantitative estimate of drug-likeness (QED) is 0.354. The highest BCUT2D eigenvalue weighted by molar-refractivity contribution is 5.74. The number of aryl methyl sites for hydroxylation is 1. The lowest BCUT2D eigenvalue weighted by molar-refractivity contribution is -0.142. The first kappa shape index (κ1) is 28.0. The molecular formula is C30H36N2O7. The molecule has 1 amide bonds. The van der Waals surface area contributed by atoms with Crippen molar-refractivity contribution >= 4 is 12.1 Å². The van der Waals surface area contributed by atoms with Gasteiger partial charge in [-0.15, -0.1) is 0 Å². The van der Waals surface area contributed by atoms with Crippen molar-refractivity contribution in [2.45, 2.75) is 33.6 Å². The summed E-state index contributed by atoms with van der Waals surface area (Å²) >= 11 is 0. The van der Waals surface area contributed by atoms with Crippen molar-refractivity contribution < 1.29 is 33.3 Å². The number of hydrogen-bond acceptors (Lipinski definition) is 7. The number of amides is 1. The van der Waals surface area contributed by atoms with Gasteiger partial charge in [0.25, 0.3) is 0 Å². The number of ether oxygens (including phenoxy) is 3. The van der Waals surface area contributed by atoms with E-state index in [4.69, 9.17) is 18.6 Å². The van der Waals surface area contributed by atoms with Crippen LogP contribution in [0.2, 0.25) is 0 Å². The van der Waals surface area contributed by atoms with Crippen molar-refractivity contribution in [3.63, 3.8) is 0 Å². The number of aromatic nitrogens is 1. The molecule has 4 rings (SSSR count). The Kier molecular flexibility index (Phi) is 9.11. The molecule has 0 spiro atoms. The van der Waals surface area contributed by atoms with Crippen LogP contribution in [0, 0.1) is 24.7 Å². The predicted octanol–water partition coefficient (Wildman–Crippen LogP) is 5.25. The van der Waals surface area contributed by atoms with E-state index in [1.165, 1.54) is 4.90 Å². The summed E-state index contributed by atoms with van der Waals surface area (Å²) in [6.45, 7) is 7.10. The number of carboxylic acid groups (broad SMARTS) is 1.